The maximum absolute atomic E-state index is 11.0. The minimum Gasteiger partial charge on any atom is -0.497 e. The van der Waals surface area contributed by atoms with Gasteiger partial charge in [0.2, 0.25) is 0 Å². The number of rotatable bonds is 5. The summed E-state index contributed by atoms with van der Waals surface area (Å²) in [6.07, 6.45) is 0.718. The van der Waals surface area contributed by atoms with E-state index in [1.165, 1.54) is 0 Å². The van der Waals surface area contributed by atoms with E-state index in [0.717, 1.165) is 23.5 Å². The molecule has 0 atom stereocenters. The lowest BCUT2D eigenvalue weighted by molar-refractivity contribution is 0.234. The van der Waals surface area contributed by atoms with Crippen LogP contribution in [-0.4, -0.2) is 38.0 Å². The predicted molar refractivity (Wildman–Crippen MR) is 70.3 cm³/mol. The fourth-order valence-electron chi connectivity index (χ4n) is 1.44. The molecule has 0 saturated carbocycles. The third kappa shape index (κ3) is 3.85. The van der Waals surface area contributed by atoms with Gasteiger partial charge in [0.1, 0.15) is 11.5 Å². The third-order valence-corrected chi connectivity index (χ3v) is 2.88. The fraction of sp³-hybridized carbons (Fsp3) is 0.417. The van der Waals surface area contributed by atoms with Crippen LogP contribution in [0.1, 0.15) is 5.56 Å². The van der Waals surface area contributed by atoms with Gasteiger partial charge in [-0.1, -0.05) is 18.7 Å². The van der Waals surface area contributed by atoms with Gasteiger partial charge in [0.25, 0.3) is 5.24 Å². The van der Waals surface area contributed by atoms with Crippen LogP contribution in [0.15, 0.2) is 18.2 Å². The summed E-state index contributed by atoms with van der Waals surface area (Å²) in [5, 5.41) is -0.238. The third-order valence-electron chi connectivity index (χ3n) is 2.54. The molecule has 0 aliphatic carbocycles. The summed E-state index contributed by atoms with van der Waals surface area (Å²) in [5.74, 6) is 1.52. The molecule has 1 rings (SSSR count). The van der Waals surface area contributed by atoms with Gasteiger partial charge in [-0.3, -0.25) is 4.79 Å². The van der Waals surface area contributed by atoms with E-state index in [0.29, 0.717) is 6.54 Å². The highest BCUT2D eigenvalue weighted by molar-refractivity contribution is 7.96. The highest BCUT2D eigenvalue weighted by Crippen LogP contribution is 2.24. The van der Waals surface area contributed by atoms with Crippen molar-refractivity contribution in [1.29, 1.82) is 0 Å². The van der Waals surface area contributed by atoms with Crippen molar-refractivity contribution in [2.75, 3.05) is 27.8 Å². The van der Waals surface area contributed by atoms with Crippen molar-refractivity contribution >= 4 is 17.9 Å². The van der Waals surface area contributed by atoms with Crippen molar-refractivity contribution in [2.24, 2.45) is 0 Å². The maximum Gasteiger partial charge on any atom is 0.278 e. The Morgan fingerprint density at radius 2 is 2.06 bits per heavy atom. The van der Waals surface area contributed by atoms with Crippen LogP contribution in [0.5, 0.6) is 11.5 Å². The molecule has 0 aliphatic heterocycles. The molecule has 0 heterocycles. The highest BCUT2D eigenvalue weighted by atomic mass is 32.1. The summed E-state index contributed by atoms with van der Waals surface area (Å²) in [6, 6.07) is 5.65. The van der Waals surface area contributed by atoms with Crippen LogP contribution < -0.4 is 9.47 Å². The molecule has 5 heteroatoms. The number of ether oxygens (including phenoxy) is 2. The number of likely N-dealkylation sites (N-methyl/N-ethyl adjacent to an activating group) is 1. The number of nitrogens with zero attached hydrogens (tertiary/aromatic N) is 1. The van der Waals surface area contributed by atoms with Gasteiger partial charge in [-0.2, -0.15) is 0 Å². The Hall–Kier alpha value is -1.36. The molecular formula is C12H17NO3S. The lowest BCUT2D eigenvalue weighted by atomic mass is 10.1. The van der Waals surface area contributed by atoms with E-state index in [9.17, 15) is 4.79 Å². The van der Waals surface area contributed by atoms with Crippen LogP contribution in [0.3, 0.4) is 0 Å². The maximum atomic E-state index is 11.0. The first-order chi connectivity index (χ1) is 8.08. The van der Waals surface area contributed by atoms with Gasteiger partial charge >= 0.3 is 0 Å². The largest absolute Gasteiger partial charge is 0.497 e. The second-order valence-electron chi connectivity index (χ2n) is 3.63. The average Bonchev–Trinajstić information content (AvgIpc) is 2.35. The minimum atomic E-state index is -0.238. The van der Waals surface area contributed by atoms with Crippen LogP contribution in [0.25, 0.3) is 0 Å². The molecule has 94 valence electrons. The van der Waals surface area contributed by atoms with E-state index < -0.39 is 0 Å². The molecule has 0 bridgehead atoms. The van der Waals surface area contributed by atoms with Gasteiger partial charge in [0.05, 0.1) is 14.2 Å². The summed E-state index contributed by atoms with van der Waals surface area (Å²) in [5.41, 5.74) is 1.04. The van der Waals surface area contributed by atoms with Gasteiger partial charge in [-0.15, -0.1) is 0 Å². The first kappa shape index (κ1) is 13.7. The van der Waals surface area contributed by atoms with Crippen molar-refractivity contribution < 1.29 is 14.3 Å². The smallest absolute Gasteiger partial charge is 0.278 e. The number of carbonyl (C=O) groups is 1. The Kier molecular flexibility index (Phi) is 5.15. The Bertz CT molecular complexity index is 395. The predicted octanol–water partition coefficient (Wildman–Crippen LogP) is 2.23. The van der Waals surface area contributed by atoms with Crippen molar-refractivity contribution in [3.8, 4) is 11.5 Å². The zero-order chi connectivity index (χ0) is 12.8. The van der Waals surface area contributed by atoms with E-state index in [4.69, 9.17) is 9.47 Å². The summed E-state index contributed by atoms with van der Waals surface area (Å²) in [4.78, 5) is 12.5. The molecule has 0 N–H and O–H groups in total. The fourth-order valence-corrected chi connectivity index (χ4v) is 1.54. The molecule has 0 spiro atoms. The Morgan fingerprint density at radius 1 is 1.35 bits per heavy atom. The number of thiol groups is 1. The SMILES string of the molecule is COc1ccc(CCN(C)C(=O)S)c(OC)c1. The van der Waals surface area contributed by atoms with E-state index >= 15 is 0 Å². The Morgan fingerprint density at radius 3 is 2.59 bits per heavy atom. The van der Waals surface area contributed by atoms with Gasteiger partial charge < -0.3 is 14.4 Å². The summed E-state index contributed by atoms with van der Waals surface area (Å²) in [7, 11) is 4.94. The molecule has 1 amide bonds. The topological polar surface area (TPSA) is 38.8 Å². The van der Waals surface area contributed by atoms with Gasteiger partial charge in [0, 0.05) is 19.7 Å². The van der Waals surface area contributed by atoms with Gasteiger partial charge in [0.15, 0.2) is 0 Å². The molecule has 1 aromatic rings. The van der Waals surface area contributed by atoms with E-state index in [1.807, 2.05) is 18.2 Å². The summed E-state index contributed by atoms with van der Waals surface area (Å²) >= 11 is 3.76. The number of hydrogen-bond acceptors (Lipinski definition) is 3. The van der Waals surface area contributed by atoms with Crippen LogP contribution >= 0.6 is 12.6 Å². The minimum absolute atomic E-state index is 0.238. The number of methoxy groups -OCH3 is 2. The number of carbonyl (C=O) groups excluding carboxylic acids is 1. The first-order valence-electron chi connectivity index (χ1n) is 5.23. The van der Waals surface area contributed by atoms with Gasteiger partial charge in [-0.05, 0) is 18.1 Å². The first-order valence-corrected chi connectivity index (χ1v) is 5.68. The van der Waals surface area contributed by atoms with Crippen LogP contribution in [-0.2, 0) is 6.42 Å². The molecule has 17 heavy (non-hydrogen) atoms. The van der Waals surface area contributed by atoms with Crippen molar-refractivity contribution in [2.45, 2.75) is 6.42 Å². The molecular weight excluding hydrogens is 238 g/mol. The number of benzene rings is 1. The Balaban J connectivity index is 2.73. The molecule has 0 unspecified atom stereocenters. The second kappa shape index (κ2) is 6.39. The molecule has 0 aliphatic rings. The quantitative estimate of drug-likeness (QED) is 0.820. The lowest BCUT2D eigenvalue weighted by Crippen LogP contribution is -2.23. The molecule has 0 aromatic heterocycles. The van der Waals surface area contributed by atoms with E-state index in [1.54, 1.807) is 26.2 Å². The monoisotopic (exact) mass is 255 g/mol. The Labute approximate surface area is 107 Å². The van der Waals surface area contributed by atoms with Crippen LogP contribution in [0, 0.1) is 0 Å². The summed E-state index contributed by atoms with van der Waals surface area (Å²) < 4.78 is 10.4. The van der Waals surface area contributed by atoms with E-state index in [-0.39, 0.29) is 5.24 Å². The zero-order valence-electron chi connectivity index (χ0n) is 10.3. The normalized spacial score (nSPS) is 9.88. The van der Waals surface area contributed by atoms with Crippen molar-refractivity contribution in [3.63, 3.8) is 0 Å². The van der Waals surface area contributed by atoms with Gasteiger partial charge in [-0.25, -0.2) is 0 Å². The second-order valence-corrected chi connectivity index (χ2v) is 4.01. The molecule has 0 fully saturated rings. The van der Waals surface area contributed by atoms with Crippen LogP contribution in [0.4, 0.5) is 4.79 Å². The number of amides is 1. The molecule has 1 aromatic carbocycles. The van der Waals surface area contributed by atoms with Crippen molar-refractivity contribution in [3.05, 3.63) is 23.8 Å². The molecule has 4 nitrogen and oxygen atoms in total. The zero-order valence-corrected chi connectivity index (χ0v) is 11.2. The highest BCUT2D eigenvalue weighted by Gasteiger charge is 2.08. The molecule has 0 saturated heterocycles. The number of hydrogen-bond donors (Lipinski definition) is 1. The molecule has 0 radical (unpaired) electrons. The lowest BCUT2D eigenvalue weighted by Gasteiger charge is -2.15. The van der Waals surface area contributed by atoms with E-state index in [2.05, 4.69) is 12.6 Å². The van der Waals surface area contributed by atoms with Crippen molar-refractivity contribution in [1.82, 2.24) is 4.90 Å². The summed E-state index contributed by atoms with van der Waals surface area (Å²) in [6.45, 7) is 0.602. The average molecular weight is 255 g/mol. The standard InChI is InChI=1S/C12H17NO3S/c1-13(12(14)17)7-6-9-4-5-10(15-2)8-11(9)16-3/h4-5,8H,6-7H2,1-3H3,(H,14,17). The van der Waals surface area contributed by atoms with Crippen LogP contribution in [0.2, 0.25) is 0 Å².